The fraction of sp³-hybridized carbons (Fsp3) is 0.308. The number of nitrogens with two attached hydrogens (primary N) is 1. The molecule has 1 aromatic heterocycles. The average Bonchev–Trinajstić information content (AvgIpc) is 2.75. The van der Waals surface area contributed by atoms with E-state index in [1.807, 2.05) is 11.5 Å². The van der Waals surface area contributed by atoms with Crippen molar-refractivity contribution in [2.45, 2.75) is 19.9 Å². The van der Waals surface area contributed by atoms with Crippen LogP contribution in [0.15, 0.2) is 18.2 Å². The number of benzene rings is 1. The van der Waals surface area contributed by atoms with E-state index in [1.54, 1.807) is 6.07 Å². The maximum absolute atomic E-state index is 10.9. The Labute approximate surface area is 115 Å². The predicted octanol–water partition coefficient (Wildman–Crippen LogP) is 1.39. The van der Waals surface area contributed by atoms with Crippen molar-refractivity contribution in [3.63, 3.8) is 0 Å². The van der Waals surface area contributed by atoms with Crippen LogP contribution in [0.25, 0.3) is 11.0 Å². The van der Waals surface area contributed by atoms with Gasteiger partial charge >= 0.3 is 12.1 Å². The van der Waals surface area contributed by atoms with E-state index in [-0.39, 0.29) is 12.2 Å². The van der Waals surface area contributed by atoms with E-state index in [1.165, 1.54) is 12.1 Å². The summed E-state index contributed by atoms with van der Waals surface area (Å²) in [5, 5.41) is 8.97. The fourth-order valence-electron chi connectivity index (χ4n) is 2.07. The Kier molecular flexibility index (Phi) is 3.88. The number of imidazole rings is 1. The SMILES string of the molecule is CCc1nc2cc(C(=O)O)ccc2n1CCOC(N)=O. The van der Waals surface area contributed by atoms with E-state index >= 15 is 0 Å². The maximum atomic E-state index is 10.9. The van der Waals surface area contributed by atoms with E-state index < -0.39 is 12.1 Å². The number of primary amides is 1. The second-order valence-corrected chi connectivity index (χ2v) is 4.21. The summed E-state index contributed by atoms with van der Waals surface area (Å²) in [7, 11) is 0. The molecule has 2 aromatic rings. The van der Waals surface area contributed by atoms with Gasteiger partial charge in [0.25, 0.3) is 0 Å². The van der Waals surface area contributed by atoms with Crippen molar-refractivity contribution in [1.82, 2.24) is 9.55 Å². The van der Waals surface area contributed by atoms with Crippen molar-refractivity contribution in [3.05, 3.63) is 29.6 Å². The summed E-state index contributed by atoms with van der Waals surface area (Å²) in [5.74, 6) is -0.188. The zero-order chi connectivity index (χ0) is 14.7. The van der Waals surface area contributed by atoms with Gasteiger partial charge in [0.05, 0.1) is 23.1 Å². The van der Waals surface area contributed by atoms with Crippen LogP contribution in [0.4, 0.5) is 4.79 Å². The van der Waals surface area contributed by atoms with E-state index in [4.69, 9.17) is 15.6 Å². The minimum atomic E-state index is -0.989. The molecular formula is C13H15N3O4. The monoisotopic (exact) mass is 277 g/mol. The highest BCUT2D eigenvalue weighted by Crippen LogP contribution is 2.18. The molecule has 20 heavy (non-hydrogen) atoms. The lowest BCUT2D eigenvalue weighted by atomic mass is 10.2. The standard InChI is InChI=1S/C13H15N3O4/c1-2-11-15-9-7-8(12(17)18)3-4-10(9)16(11)5-6-20-13(14)19/h3-4,7H,2,5-6H2,1H3,(H2,14,19)(H,17,18). The molecule has 0 aliphatic carbocycles. The summed E-state index contributed by atoms with van der Waals surface area (Å²) in [6, 6.07) is 4.76. The number of aryl methyl sites for hydroxylation is 1. The van der Waals surface area contributed by atoms with Crippen molar-refractivity contribution in [2.75, 3.05) is 6.61 Å². The number of ether oxygens (including phenoxy) is 1. The van der Waals surface area contributed by atoms with Crippen LogP contribution in [0.5, 0.6) is 0 Å². The number of hydrogen-bond acceptors (Lipinski definition) is 4. The third-order valence-electron chi connectivity index (χ3n) is 2.95. The smallest absolute Gasteiger partial charge is 0.404 e. The molecule has 0 aliphatic heterocycles. The van der Waals surface area contributed by atoms with E-state index in [0.717, 1.165) is 11.3 Å². The second kappa shape index (κ2) is 5.60. The van der Waals surface area contributed by atoms with Crippen molar-refractivity contribution < 1.29 is 19.4 Å². The number of hydrogen-bond donors (Lipinski definition) is 2. The Morgan fingerprint density at radius 2 is 2.20 bits per heavy atom. The van der Waals surface area contributed by atoms with Gasteiger partial charge in [-0.3, -0.25) is 0 Å². The van der Waals surface area contributed by atoms with Crippen LogP contribution in [-0.2, 0) is 17.7 Å². The van der Waals surface area contributed by atoms with Gasteiger partial charge in [-0.25, -0.2) is 14.6 Å². The Morgan fingerprint density at radius 1 is 1.45 bits per heavy atom. The zero-order valence-electron chi connectivity index (χ0n) is 11.0. The molecule has 0 unspecified atom stereocenters. The second-order valence-electron chi connectivity index (χ2n) is 4.21. The predicted molar refractivity (Wildman–Crippen MR) is 71.6 cm³/mol. The van der Waals surface area contributed by atoms with Gasteiger partial charge in [-0.2, -0.15) is 0 Å². The molecule has 2 rings (SSSR count). The number of amides is 1. The highest BCUT2D eigenvalue weighted by atomic mass is 16.5. The largest absolute Gasteiger partial charge is 0.478 e. The van der Waals surface area contributed by atoms with Crippen LogP contribution in [0.2, 0.25) is 0 Å². The zero-order valence-corrected chi connectivity index (χ0v) is 11.0. The lowest BCUT2D eigenvalue weighted by Gasteiger charge is -2.07. The number of carboxylic acids is 1. The molecule has 0 radical (unpaired) electrons. The number of carbonyl (C=O) groups is 2. The number of aromatic nitrogens is 2. The Morgan fingerprint density at radius 3 is 2.80 bits per heavy atom. The molecule has 1 heterocycles. The van der Waals surface area contributed by atoms with Crippen LogP contribution < -0.4 is 5.73 Å². The molecule has 0 bridgehead atoms. The van der Waals surface area contributed by atoms with Gasteiger partial charge in [0, 0.05) is 6.42 Å². The Hall–Kier alpha value is -2.57. The fourth-order valence-corrected chi connectivity index (χ4v) is 2.07. The van der Waals surface area contributed by atoms with Gasteiger partial charge < -0.3 is 20.1 Å². The molecule has 0 spiro atoms. The number of fused-ring (bicyclic) bond motifs is 1. The minimum Gasteiger partial charge on any atom is -0.478 e. The van der Waals surface area contributed by atoms with Crippen LogP contribution >= 0.6 is 0 Å². The summed E-state index contributed by atoms with van der Waals surface area (Å²) >= 11 is 0. The average molecular weight is 277 g/mol. The van der Waals surface area contributed by atoms with Gasteiger partial charge in [0.1, 0.15) is 12.4 Å². The van der Waals surface area contributed by atoms with E-state index in [9.17, 15) is 9.59 Å². The molecule has 0 saturated heterocycles. The van der Waals surface area contributed by atoms with Gasteiger partial charge in [-0.05, 0) is 18.2 Å². The van der Waals surface area contributed by atoms with Crippen molar-refractivity contribution in [3.8, 4) is 0 Å². The minimum absolute atomic E-state index is 0.147. The molecule has 0 atom stereocenters. The number of carbonyl (C=O) groups excluding carboxylic acids is 1. The van der Waals surface area contributed by atoms with Crippen molar-refractivity contribution in [1.29, 1.82) is 0 Å². The summed E-state index contributed by atoms with van der Waals surface area (Å²) in [4.78, 5) is 25.9. The topological polar surface area (TPSA) is 107 Å². The van der Waals surface area contributed by atoms with E-state index in [2.05, 4.69) is 4.98 Å². The Balaban J connectivity index is 2.36. The first kappa shape index (κ1) is 13.9. The van der Waals surface area contributed by atoms with Gasteiger partial charge in [-0.15, -0.1) is 0 Å². The molecular weight excluding hydrogens is 262 g/mol. The van der Waals surface area contributed by atoms with E-state index in [0.29, 0.717) is 18.5 Å². The summed E-state index contributed by atoms with van der Waals surface area (Å²) < 4.78 is 6.61. The van der Waals surface area contributed by atoms with Crippen molar-refractivity contribution in [2.24, 2.45) is 5.73 Å². The number of nitrogens with zero attached hydrogens (tertiary/aromatic N) is 2. The molecule has 0 fully saturated rings. The van der Waals surface area contributed by atoms with Gasteiger partial charge in [-0.1, -0.05) is 6.92 Å². The highest BCUT2D eigenvalue weighted by molar-refractivity contribution is 5.92. The summed E-state index contributed by atoms with van der Waals surface area (Å²) in [6.07, 6.45) is -0.131. The van der Waals surface area contributed by atoms with Gasteiger partial charge in [0.15, 0.2) is 0 Å². The molecule has 106 valence electrons. The molecule has 0 saturated carbocycles. The summed E-state index contributed by atoms with van der Waals surface area (Å²) in [5.41, 5.74) is 6.53. The molecule has 3 N–H and O–H groups in total. The van der Waals surface area contributed by atoms with Crippen molar-refractivity contribution >= 4 is 23.1 Å². The molecule has 1 aromatic carbocycles. The highest BCUT2D eigenvalue weighted by Gasteiger charge is 2.12. The lowest BCUT2D eigenvalue weighted by Crippen LogP contribution is -2.17. The third kappa shape index (κ3) is 2.71. The quantitative estimate of drug-likeness (QED) is 0.858. The maximum Gasteiger partial charge on any atom is 0.404 e. The molecule has 7 nitrogen and oxygen atoms in total. The third-order valence-corrected chi connectivity index (χ3v) is 2.95. The molecule has 7 heteroatoms. The van der Waals surface area contributed by atoms with Crippen LogP contribution in [-0.4, -0.2) is 33.3 Å². The Bertz CT molecular complexity index is 663. The first-order valence-corrected chi connectivity index (χ1v) is 6.17. The number of rotatable bonds is 5. The first-order chi connectivity index (χ1) is 9.52. The van der Waals surface area contributed by atoms with Crippen LogP contribution in [0.1, 0.15) is 23.1 Å². The summed E-state index contributed by atoms with van der Waals surface area (Å²) in [6.45, 7) is 2.52. The van der Waals surface area contributed by atoms with Crippen LogP contribution in [0.3, 0.4) is 0 Å². The lowest BCUT2D eigenvalue weighted by molar-refractivity contribution is 0.0697. The molecule has 0 aliphatic rings. The van der Waals surface area contributed by atoms with Gasteiger partial charge in [0.2, 0.25) is 0 Å². The first-order valence-electron chi connectivity index (χ1n) is 6.17. The number of carboxylic acid groups (broad SMARTS) is 1. The number of aromatic carboxylic acids is 1. The van der Waals surface area contributed by atoms with Crippen LogP contribution in [0, 0.1) is 0 Å². The normalized spacial score (nSPS) is 10.7. The molecule has 1 amide bonds.